The van der Waals surface area contributed by atoms with Crippen molar-refractivity contribution < 1.29 is 19.1 Å². The Labute approximate surface area is 175 Å². The predicted octanol–water partition coefficient (Wildman–Crippen LogP) is 1.75. The van der Waals surface area contributed by atoms with Gasteiger partial charge in [-0.1, -0.05) is 30.3 Å². The Morgan fingerprint density at radius 2 is 1.93 bits per heavy atom. The number of esters is 1. The lowest BCUT2D eigenvalue weighted by molar-refractivity contribution is -0.142. The summed E-state index contributed by atoms with van der Waals surface area (Å²) in [6.45, 7) is 4.04. The molecule has 1 fully saturated rings. The number of rotatable bonds is 5. The van der Waals surface area contributed by atoms with Gasteiger partial charge in [-0.15, -0.1) is 0 Å². The van der Waals surface area contributed by atoms with Gasteiger partial charge in [-0.05, 0) is 19.4 Å². The van der Waals surface area contributed by atoms with Crippen molar-refractivity contribution in [2.75, 3.05) is 20.7 Å². The van der Waals surface area contributed by atoms with E-state index >= 15 is 0 Å². The number of likely N-dealkylation sites (N-methyl/N-ethyl adjacent to an activating group) is 1. The maximum atomic E-state index is 13.2. The van der Waals surface area contributed by atoms with Gasteiger partial charge in [0.2, 0.25) is 5.96 Å². The number of allylic oxidation sites excluding steroid dienone is 1. The molecule has 0 spiro atoms. The van der Waals surface area contributed by atoms with Crippen LogP contribution in [0.25, 0.3) is 0 Å². The summed E-state index contributed by atoms with van der Waals surface area (Å²) in [4.78, 5) is 48.8. The third kappa shape index (κ3) is 3.01. The minimum Gasteiger partial charge on any atom is -0.469 e. The highest BCUT2D eigenvalue weighted by Gasteiger charge is 2.54. The van der Waals surface area contributed by atoms with E-state index in [9.17, 15) is 14.4 Å². The molecule has 158 valence electrons. The van der Waals surface area contributed by atoms with E-state index in [0.717, 1.165) is 16.2 Å². The van der Waals surface area contributed by atoms with Crippen LogP contribution in [0.3, 0.4) is 0 Å². The van der Waals surface area contributed by atoms with Gasteiger partial charge in [0.1, 0.15) is 0 Å². The van der Waals surface area contributed by atoms with Gasteiger partial charge in [0.25, 0.3) is 5.91 Å². The summed E-state index contributed by atoms with van der Waals surface area (Å²) in [5.74, 6) is -0.172. The highest BCUT2D eigenvalue weighted by atomic mass is 16.5. The number of benzene rings is 1. The maximum absolute atomic E-state index is 13.2. The summed E-state index contributed by atoms with van der Waals surface area (Å²) in [6.07, 6.45) is 1.26. The molecule has 0 saturated carbocycles. The van der Waals surface area contributed by atoms with Crippen LogP contribution in [-0.4, -0.2) is 76.4 Å². The highest BCUT2D eigenvalue weighted by Crippen LogP contribution is 2.38. The van der Waals surface area contributed by atoms with Crippen molar-refractivity contribution in [3.05, 3.63) is 47.8 Å². The minimum absolute atomic E-state index is 0.0119. The average Bonchev–Trinajstić information content (AvgIpc) is 3.26. The fourth-order valence-corrected chi connectivity index (χ4v) is 4.24. The van der Waals surface area contributed by atoms with Crippen LogP contribution in [0, 0.1) is 0 Å². The Morgan fingerprint density at radius 1 is 1.23 bits per heavy atom. The smallest absolute Gasteiger partial charge is 0.328 e. The lowest BCUT2D eigenvalue weighted by atomic mass is 10.1. The zero-order valence-corrected chi connectivity index (χ0v) is 17.5. The van der Waals surface area contributed by atoms with Crippen LogP contribution in [0.5, 0.6) is 0 Å². The molecule has 0 bridgehead atoms. The number of carbonyl (C=O) groups is 3. The summed E-state index contributed by atoms with van der Waals surface area (Å²) < 4.78 is 4.64. The van der Waals surface area contributed by atoms with Gasteiger partial charge in [0, 0.05) is 25.5 Å². The zero-order chi connectivity index (χ0) is 21.6. The second-order valence-corrected chi connectivity index (χ2v) is 7.63. The quantitative estimate of drug-likeness (QED) is 0.687. The first-order valence-corrected chi connectivity index (χ1v) is 9.89. The van der Waals surface area contributed by atoms with Crippen LogP contribution in [0.2, 0.25) is 0 Å². The number of aliphatic imine (C=N–C) groups is 1. The first kappa shape index (κ1) is 19.9. The molecule has 3 atom stereocenters. The molecule has 0 aromatic heterocycles. The SMILES string of the molecule is COC(=O)CCN1C(=O)C2C(N=C3N2C=C(C)N3C(C)c2ccccc2)N(C)C1=O. The molecule has 3 heterocycles. The van der Waals surface area contributed by atoms with Crippen LogP contribution in [0.4, 0.5) is 4.79 Å². The molecule has 3 unspecified atom stereocenters. The van der Waals surface area contributed by atoms with Crippen molar-refractivity contribution in [1.82, 2.24) is 19.6 Å². The number of carbonyl (C=O) groups excluding carboxylic acids is 3. The van der Waals surface area contributed by atoms with Gasteiger partial charge in [-0.3, -0.25) is 14.5 Å². The number of hydrogen-bond acceptors (Lipinski definition) is 7. The standard InChI is InChI=1S/C21H25N5O4/c1-13-12-25-17-18(22-20(25)26(13)14(2)15-8-6-5-7-9-15)23(3)21(29)24(19(17)28)11-10-16(27)30-4/h5-9,12,14,17-18H,10-11H2,1-4H3. The number of guanidine groups is 1. The molecule has 0 N–H and O–H groups in total. The lowest BCUT2D eigenvalue weighted by Crippen LogP contribution is -2.64. The Hall–Kier alpha value is -3.36. The zero-order valence-electron chi connectivity index (χ0n) is 17.5. The second kappa shape index (κ2) is 7.47. The lowest BCUT2D eigenvalue weighted by Gasteiger charge is -2.40. The summed E-state index contributed by atoms with van der Waals surface area (Å²) in [7, 11) is 2.91. The van der Waals surface area contributed by atoms with E-state index in [4.69, 9.17) is 4.99 Å². The maximum Gasteiger partial charge on any atom is 0.328 e. The number of fused-ring (bicyclic) bond motifs is 3. The number of amides is 3. The molecule has 4 rings (SSSR count). The van der Waals surface area contributed by atoms with Crippen molar-refractivity contribution in [3.8, 4) is 0 Å². The minimum atomic E-state index is -0.650. The van der Waals surface area contributed by atoms with Gasteiger partial charge < -0.3 is 19.4 Å². The van der Waals surface area contributed by atoms with E-state index < -0.39 is 24.2 Å². The highest BCUT2D eigenvalue weighted by molar-refractivity contribution is 6.05. The van der Waals surface area contributed by atoms with Crippen LogP contribution >= 0.6 is 0 Å². The van der Waals surface area contributed by atoms with Crippen molar-refractivity contribution in [2.24, 2.45) is 4.99 Å². The molecule has 9 heteroatoms. The topological polar surface area (TPSA) is 85.8 Å². The average molecular weight is 411 g/mol. The number of nitrogens with zero attached hydrogens (tertiary/aromatic N) is 5. The molecular weight excluding hydrogens is 386 g/mol. The largest absolute Gasteiger partial charge is 0.469 e. The predicted molar refractivity (Wildman–Crippen MR) is 109 cm³/mol. The van der Waals surface area contributed by atoms with Gasteiger partial charge >= 0.3 is 12.0 Å². The summed E-state index contributed by atoms with van der Waals surface area (Å²) in [5.41, 5.74) is 2.09. The third-order valence-corrected chi connectivity index (χ3v) is 5.87. The summed E-state index contributed by atoms with van der Waals surface area (Å²) in [5, 5.41) is 0. The number of hydrogen-bond donors (Lipinski definition) is 0. The molecule has 1 saturated heterocycles. The molecule has 30 heavy (non-hydrogen) atoms. The van der Waals surface area contributed by atoms with Gasteiger partial charge in [0.15, 0.2) is 12.2 Å². The van der Waals surface area contributed by atoms with E-state index in [1.54, 1.807) is 7.05 Å². The fraction of sp³-hybridized carbons (Fsp3) is 0.429. The Balaban J connectivity index is 1.61. The fourth-order valence-electron chi connectivity index (χ4n) is 4.24. The molecule has 3 amide bonds. The van der Waals surface area contributed by atoms with E-state index in [1.165, 1.54) is 12.0 Å². The summed E-state index contributed by atoms with van der Waals surface area (Å²) in [6, 6.07) is 8.96. The Morgan fingerprint density at radius 3 is 2.60 bits per heavy atom. The van der Waals surface area contributed by atoms with Crippen LogP contribution < -0.4 is 0 Å². The Kier molecular flexibility index (Phi) is 4.97. The Bertz CT molecular complexity index is 944. The van der Waals surface area contributed by atoms with E-state index in [2.05, 4.69) is 28.7 Å². The number of imide groups is 1. The molecule has 0 aliphatic carbocycles. The van der Waals surface area contributed by atoms with E-state index in [1.807, 2.05) is 36.2 Å². The van der Waals surface area contributed by atoms with Crippen LogP contribution in [0.1, 0.15) is 31.9 Å². The molecule has 3 aliphatic heterocycles. The van der Waals surface area contributed by atoms with Gasteiger partial charge in [-0.2, -0.15) is 0 Å². The van der Waals surface area contributed by atoms with Gasteiger partial charge in [-0.25, -0.2) is 9.79 Å². The number of ether oxygens (including phenoxy) is 1. The van der Waals surface area contributed by atoms with Gasteiger partial charge in [0.05, 0.1) is 19.6 Å². The molecular formula is C21H25N5O4. The molecule has 1 aromatic rings. The first-order valence-electron chi connectivity index (χ1n) is 9.89. The van der Waals surface area contributed by atoms with Crippen molar-refractivity contribution >= 4 is 23.9 Å². The second-order valence-electron chi connectivity index (χ2n) is 7.63. The number of urea groups is 1. The summed E-state index contributed by atoms with van der Waals surface area (Å²) >= 11 is 0. The normalized spacial score (nSPS) is 23.9. The monoisotopic (exact) mass is 411 g/mol. The molecule has 9 nitrogen and oxygen atoms in total. The van der Waals surface area contributed by atoms with Crippen molar-refractivity contribution in [3.63, 3.8) is 0 Å². The van der Waals surface area contributed by atoms with Crippen LogP contribution in [-0.2, 0) is 14.3 Å². The molecule has 0 radical (unpaired) electrons. The molecule has 3 aliphatic rings. The molecule has 1 aromatic carbocycles. The van der Waals surface area contributed by atoms with Crippen molar-refractivity contribution in [2.45, 2.75) is 38.5 Å². The first-order chi connectivity index (χ1) is 14.3. The van der Waals surface area contributed by atoms with E-state index in [0.29, 0.717) is 5.96 Å². The third-order valence-electron chi connectivity index (χ3n) is 5.87. The van der Waals surface area contributed by atoms with E-state index in [-0.39, 0.29) is 24.9 Å². The van der Waals surface area contributed by atoms with Crippen LogP contribution in [0.15, 0.2) is 47.2 Å². The number of methoxy groups -OCH3 is 1. The van der Waals surface area contributed by atoms with Crippen molar-refractivity contribution in [1.29, 1.82) is 0 Å².